The Bertz CT molecular complexity index is 362. The molecule has 4 bridgehead atoms. The minimum atomic E-state index is -0.126. The number of halogens is 2. The first-order valence-electron chi connectivity index (χ1n) is 8.45. The number of carbonyl (C=O) groups excluding carboxylic acids is 1. The van der Waals surface area contributed by atoms with Crippen LogP contribution in [0, 0.1) is 23.2 Å². The van der Waals surface area contributed by atoms with Crippen LogP contribution in [0.3, 0.4) is 0 Å². The van der Waals surface area contributed by atoms with Crippen LogP contribution >= 0.6 is 31.9 Å². The molecule has 4 saturated carbocycles. The van der Waals surface area contributed by atoms with Gasteiger partial charge in [0.25, 0.3) is 0 Å². The maximum absolute atomic E-state index is 12.7. The van der Waals surface area contributed by atoms with Gasteiger partial charge in [0.2, 0.25) is 5.91 Å². The molecule has 4 heteroatoms. The van der Waals surface area contributed by atoms with Gasteiger partial charge in [0.05, 0.1) is 5.54 Å². The Labute approximate surface area is 145 Å². The first-order valence-corrected chi connectivity index (χ1v) is 10.7. The van der Waals surface area contributed by atoms with Gasteiger partial charge in [0.1, 0.15) is 0 Å². The van der Waals surface area contributed by atoms with Crippen LogP contribution in [0.25, 0.3) is 0 Å². The maximum Gasteiger partial charge on any atom is 0.221 e. The molecular weight excluding hydrogens is 394 g/mol. The van der Waals surface area contributed by atoms with E-state index in [0.717, 1.165) is 41.3 Å². The van der Waals surface area contributed by atoms with Crippen LogP contribution in [0.4, 0.5) is 0 Å². The van der Waals surface area contributed by atoms with Crippen molar-refractivity contribution >= 4 is 37.8 Å². The topological polar surface area (TPSA) is 29.1 Å². The van der Waals surface area contributed by atoms with Crippen LogP contribution in [0.5, 0.6) is 0 Å². The Kier molecular flexibility index (Phi) is 4.77. The maximum atomic E-state index is 12.7. The molecule has 1 amide bonds. The monoisotopic (exact) mass is 419 g/mol. The Morgan fingerprint density at radius 3 is 1.95 bits per heavy atom. The van der Waals surface area contributed by atoms with E-state index < -0.39 is 0 Å². The quantitative estimate of drug-likeness (QED) is 0.622. The molecule has 0 saturated heterocycles. The number of nitrogens with one attached hydrogen (secondary N) is 1. The lowest BCUT2D eigenvalue weighted by Gasteiger charge is -2.56. The van der Waals surface area contributed by atoms with E-state index in [2.05, 4.69) is 44.1 Å². The molecule has 4 aliphatic carbocycles. The highest BCUT2D eigenvalue weighted by Gasteiger charge is 2.51. The molecule has 21 heavy (non-hydrogen) atoms. The van der Waals surface area contributed by atoms with E-state index in [4.69, 9.17) is 0 Å². The molecule has 4 rings (SSSR count). The van der Waals surface area contributed by atoms with Crippen molar-refractivity contribution in [2.45, 2.75) is 63.8 Å². The van der Waals surface area contributed by atoms with Crippen molar-refractivity contribution in [3.8, 4) is 0 Å². The fraction of sp³-hybridized carbons (Fsp3) is 0.941. The molecule has 0 heterocycles. The lowest BCUT2D eigenvalue weighted by molar-refractivity contribution is -0.130. The van der Waals surface area contributed by atoms with Crippen molar-refractivity contribution in [3.05, 3.63) is 0 Å². The number of hydrogen-bond donors (Lipinski definition) is 1. The van der Waals surface area contributed by atoms with Gasteiger partial charge in [-0.15, -0.1) is 0 Å². The number of alkyl halides is 2. The second-order valence-corrected chi connectivity index (χ2v) is 9.17. The van der Waals surface area contributed by atoms with Crippen LogP contribution in [-0.4, -0.2) is 22.1 Å². The molecule has 4 fully saturated rings. The molecule has 0 aliphatic heterocycles. The van der Waals surface area contributed by atoms with Crippen molar-refractivity contribution < 1.29 is 4.79 Å². The summed E-state index contributed by atoms with van der Waals surface area (Å²) in [6, 6.07) is 0. The summed E-state index contributed by atoms with van der Waals surface area (Å²) < 4.78 is 0. The first kappa shape index (κ1) is 16.3. The van der Waals surface area contributed by atoms with Crippen LogP contribution in [0.1, 0.15) is 58.3 Å². The number of carbonyl (C=O) groups is 1. The normalized spacial score (nSPS) is 37.8. The zero-order valence-corrected chi connectivity index (χ0v) is 16.1. The fourth-order valence-electron chi connectivity index (χ4n) is 5.57. The Morgan fingerprint density at radius 2 is 1.57 bits per heavy atom. The predicted octanol–water partition coefficient (Wildman–Crippen LogP) is 4.65. The van der Waals surface area contributed by atoms with Gasteiger partial charge >= 0.3 is 0 Å². The first-order chi connectivity index (χ1) is 10.0. The van der Waals surface area contributed by atoms with Gasteiger partial charge in [-0.2, -0.15) is 0 Å². The van der Waals surface area contributed by atoms with E-state index in [9.17, 15) is 4.79 Å². The summed E-state index contributed by atoms with van der Waals surface area (Å²) in [5, 5.41) is 4.95. The van der Waals surface area contributed by atoms with Crippen molar-refractivity contribution in [3.63, 3.8) is 0 Å². The molecule has 0 aromatic rings. The van der Waals surface area contributed by atoms with Crippen LogP contribution in [0.15, 0.2) is 0 Å². The van der Waals surface area contributed by atoms with E-state index in [-0.39, 0.29) is 11.4 Å². The molecule has 2 nitrogen and oxygen atoms in total. The third-order valence-electron chi connectivity index (χ3n) is 6.29. The minimum absolute atomic E-state index is 0.126. The summed E-state index contributed by atoms with van der Waals surface area (Å²) in [6.45, 7) is 2.15. The molecule has 120 valence electrons. The number of hydrogen-bond acceptors (Lipinski definition) is 1. The summed E-state index contributed by atoms with van der Waals surface area (Å²) in [7, 11) is 0. The summed E-state index contributed by atoms with van der Waals surface area (Å²) in [5.74, 6) is 3.05. The van der Waals surface area contributed by atoms with Crippen LogP contribution in [-0.2, 0) is 4.79 Å². The van der Waals surface area contributed by atoms with E-state index in [1.807, 2.05) is 0 Å². The minimum Gasteiger partial charge on any atom is -0.349 e. The smallest absolute Gasteiger partial charge is 0.221 e. The second kappa shape index (κ2) is 6.14. The number of amides is 1. The third-order valence-corrected chi connectivity index (χ3v) is 8.44. The summed E-state index contributed by atoms with van der Waals surface area (Å²) in [6.07, 6.45) is 10.00. The molecule has 0 atom stereocenters. The summed E-state index contributed by atoms with van der Waals surface area (Å²) in [5.41, 5.74) is 0.219. The molecule has 0 aromatic heterocycles. The van der Waals surface area contributed by atoms with Gasteiger partial charge in [-0.3, -0.25) is 4.79 Å². The Morgan fingerprint density at radius 1 is 1.10 bits per heavy atom. The van der Waals surface area contributed by atoms with Crippen LogP contribution < -0.4 is 5.32 Å². The van der Waals surface area contributed by atoms with Gasteiger partial charge in [0, 0.05) is 17.1 Å². The Balaban J connectivity index is 1.65. The molecule has 0 radical (unpaired) electrons. The van der Waals surface area contributed by atoms with Gasteiger partial charge in [-0.25, -0.2) is 0 Å². The zero-order chi connectivity index (χ0) is 15.1. The highest BCUT2D eigenvalue weighted by atomic mass is 79.9. The lowest BCUT2D eigenvalue weighted by atomic mass is 9.49. The Hall–Kier alpha value is 0.430. The predicted molar refractivity (Wildman–Crippen MR) is 94.0 cm³/mol. The standard InChI is InChI=1S/C17H27Br2NO/c1-2-17(10-18,11-19)20-15(21)9-16-6-12-3-13(7-16)5-14(4-12)8-16/h12-14H,2-11H2,1H3,(H,20,21). The SMILES string of the molecule is CCC(CBr)(CBr)NC(=O)CC12CC3CC(CC(C3)C1)C2. The largest absolute Gasteiger partial charge is 0.349 e. The summed E-state index contributed by atoms with van der Waals surface area (Å²) >= 11 is 7.14. The molecule has 0 spiro atoms. The van der Waals surface area contributed by atoms with Crippen molar-refractivity contribution in [1.29, 1.82) is 0 Å². The third kappa shape index (κ3) is 3.22. The molecular formula is C17H27Br2NO. The van der Waals surface area contributed by atoms with Gasteiger partial charge in [0.15, 0.2) is 0 Å². The highest BCUT2D eigenvalue weighted by molar-refractivity contribution is 9.09. The molecule has 4 aliphatic rings. The zero-order valence-electron chi connectivity index (χ0n) is 13.0. The van der Waals surface area contributed by atoms with Crippen molar-refractivity contribution in [2.75, 3.05) is 10.7 Å². The molecule has 1 N–H and O–H groups in total. The highest BCUT2D eigenvalue weighted by Crippen LogP contribution is 2.61. The average molecular weight is 421 g/mol. The average Bonchev–Trinajstić information content (AvgIpc) is 2.43. The van der Waals surface area contributed by atoms with Gasteiger partial charge in [-0.05, 0) is 68.1 Å². The van der Waals surface area contributed by atoms with Gasteiger partial charge in [-0.1, -0.05) is 38.8 Å². The summed E-state index contributed by atoms with van der Waals surface area (Å²) in [4.78, 5) is 12.7. The fourth-order valence-corrected chi connectivity index (χ4v) is 7.57. The van der Waals surface area contributed by atoms with Crippen molar-refractivity contribution in [2.24, 2.45) is 23.2 Å². The molecule has 0 unspecified atom stereocenters. The number of rotatable bonds is 6. The van der Waals surface area contributed by atoms with E-state index in [0.29, 0.717) is 5.41 Å². The van der Waals surface area contributed by atoms with Gasteiger partial charge < -0.3 is 5.32 Å². The van der Waals surface area contributed by atoms with E-state index in [1.165, 1.54) is 38.5 Å². The van der Waals surface area contributed by atoms with E-state index >= 15 is 0 Å². The lowest BCUT2D eigenvalue weighted by Crippen LogP contribution is -2.54. The second-order valence-electron chi connectivity index (χ2n) is 8.04. The van der Waals surface area contributed by atoms with Crippen LogP contribution in [0.2, 0.25) is 0 Å². The van der Waals surface area contributed by atoms with E-state index in [1.54, 1.807) is 0 Å². The molecule has 0 aromatic carbocycles. The van der Waals surface area contributed by atoms with Crippen molar-refractivity contribution in [1.82, 2.24) is 5.32 Å².